The Morgan fingerprint density at radius 3 is 3.10 bits per heavy atom. The SMILES string of the molecule is [3H]c1csc(OCc2c(-n3nnn(C)c3=O)noc2C#C)n1. The first kappa shape index (κ1) is 11.9. The van der Waals surface area contributed by atoms with Crippen molar-refractivity contribution >= 4 is 11.3 Å². The summed E-state index contributed by atoms with van der Waals surface area (Å²) < 4.78 is 19.8. The van der Waals surface area contributed by atoms with Crippen molar-refractivity contribution in [2.24, 2.45) is 7.05 Å². The molecule has 9 nitrogen and oxygen atoms in total. The van der Waals surface area contributed by atoms with Crippen molar-refractivity contribution in [1.29, 1.82) is 0 Å². The van der Waals surface area contributed by atoms with Crippen molar-refractivity contribution in [3.8, 4) is 23.4 Å². The highest BCUT2D eigenvalue weighted by atomic mass is 32.1. The van der Waals surface area contributed by atoms with E-state index in [0.717, 1.165) is 9.36 Å². The summed E-state index contributed by atoms with van der Waals surface area (Å²) in [6, 6.07) is 0. The summed E-state index contributed by atoms with van der Waals surface area (Å²) in [4.78, 5) is 15.7. The molecule has 0 aromatic carbocycles. The van der Waals surface area contributed by atoms with Gasteiger partial charge in [-0.25, -0.2) is 9.78 Å². The summed E-state index contributed by atoms with van der Waals surface area (Å²) in [6.45, 7) is -0.0334. The number of tetrazole rings is 1. The summed E-state index contributed by atoms with van der Waals surface area (Å²) in [6.07, 6.45) is 5.45. The monoisotopic (exact) mass is 306 g/mol. The van der Waals surface area contributed by atoms with Gasteiger partial charge in [0.25, 0.3) is 5.19 Å². The average Bonchev–Trinajstić information content (AvgIpc) is 3.18. The van der Waals surface area contributed by atoms with Gasteiger partial charge in [0.15, 0.2) is 0 Å². The summed E-state index contributed by atoms with van der Waals surface area (Å²) in [5.74, 6) is 2.55. The van der Waals surface area contributed by atoms with E-state index in [2.05, 4.69) is 26.5 Å². The predicted octanol–water partition coefficient (Wildman–Crippen LogP) is -0.0292. The average molecular weight is 306 g/mol. The lowest BCUT2D eigenvalue weighted by molar-refractivity contribution is 0.301. The largest absolute Gasteiger partial charge is 0.465 e. The Morgan fingerprint density at radius 2 is 2.48 bits per heavy atom. The molecule has 0 bridgehead atoms. The van der Waals surface area contributed by atoms with E-state index >= 15 is 0 Å². The molecule has 0 saturated carbocycles. The van der Waals surface area contributed by atoms with E-state index in [9.17, 15) is 4.79 Å². The minimum atomic E-state index is -0.499. The second kappa shape index (κ2) is 5.22. The molecule has 0 aliphatic rings. The number of terminal acetylenes is 1. The van der Waals surface area contributed by atoms with Crippen molar-refractivity contribution in [2.75, 3.05) is 0 Å². The highest BCUT2D eigenvalue weighted by molar-refractivity contribution is 7.11. The number of aryl methyl sites for hydroxylation is 1. The molecular formula is C11H8N6O3S. The fourth-order valence-corrected chi connectivity index (χ4v) is 1.98. The lowest BCUT2D eigenvalue weighted by Gasteiger charge is -2.01. The number of hydrogen-bond acceptors (Lipinski definition) is 8. The van der Waals surface area contributed by atoms with Crippen LogP contribution in [0.5, 0.6) is 5.19 Å². The first-order valence-corrected chi connectivity index (χ1v) is 6.47. The molecule has 0 N–H and O–H groups in total. The van der Waals surface area contributed by atoms with Crippen LogP contribution in [0.2, 0.25) is 0 Å². The van der Waals surface area contributed by atoms with Crippen molar-refractivity contribution in [3.05, 3.63) is 33.4 Å². The molecule has 0 aliphatic carbocycles. The molecule has 3 rings (SSSR count). The van der Waals surface area contributed by atoms with Gasteiger partial charge >= 0.3 is 5.69 Å². The maximum atomic E-state index is 11.9. The van der Waals surface area contributed by atoms with Crippen molar-refractivity contribution in [2.45, 2.75) is 6.61 Å². The molecule has 21 heavy (non-hydrogen) atoms. The zero-order chi connectivity index (χ0) is 15.7. The number of nitrogens with zero attached hydrogens (tertiary/aromatic N) is 6. The Kier molecular flexibility index (Phi) is 2.95. The minimum absolute atomic E-state index is 0.0334. The first-order valence-electron chi connectivity index (χ1n) is 6.09. The highest BCUT2D eigenvalue weighted by Crippen LogP contribution is 2.20. The maximum Gasteiger partial charge on any atom is 0.369 e. The first-order chi connectivity index (χ1) is 10.6. The number of ether oxygens (including phenoxy) is 1. The Hall–Kier alpha value is -2.93. The molecule has 0 atom stereocenters. The fraction of sp³-hybridized carbons (Fsp3) is 0.182. The van der Waals surface area contributed by atoms with Gasteiger partial charge in [-0.05, 0) is 16.3 Å². The lowest BCUT2D eigenvalue weighted by atomic mass is 10.2. The van der Waals surface area contributed by atoms with Crippen LogP contribution in [0.1, 0.15) is 12.7 Å². The van der Waals surface area contributed by atoms with E-state index in [1.54, 1.807) is 0 Å². The Balaban J connectivity index is 1.96. The van der Waals surface area contributed by atoms with E-state index in [1.807, 2.05) is 0 Å². The van der Waals surface area contributed by atoms with Crippen LogP contribution in [0.25, 0.3) is 5.82 Å². The van der Waals surface area contributed by atoms with Crippen molar-refractivity contribution in [3.63, 3.8) is 0 Å². The smallest absolute Gasteiger partial charge is 0.369 e. The molecule has 3 aromatic heterocycles. The van der Waals surface area contributed by atoms with E-state index in [4.69, 9.17) is 17.1 Å². The third-order valence-electron chi connectivity index (χ3n) is 2.53. The summed E-state index contributed by atoms with van der Waals surface area (Å²) >= 11 is 1.17. The van der Waals surface area contributed by atoms with Crippen LogP contribution in [0.3, 0.4) is 0 Å². The van der Waals surface area contributed by atoms with E-state index in [1.165, 1.54) is 23.8 Å². The third kappa shape index (κ3) is 2.30. The maximum absolute atomic E-state index is 11.9. The van der Waals surface area contributed by atoms with E-state index in [-0.39, 0.29) is 24.4 Å². The second-order valence-corrected chi connectivity index (χ2v) is 4.61. The standard InChI is InChI=1S/C11H8N6O3S/c1-3-8-7(6-19-10-12-4-5-21-10)9(13-20-8)17-11(18)16(2)14-15-17/h1,4-5H,6H2,2H3/i4T. The molecule has 0 radical (unpaired) electrons. The van der Waals surface area contributed by atoms with Crippen LogP contribution in [-0.2, 0) is 13.7 Å². The van der Waals surface area contributed by atoms with Gasteiger partial charge in [-0.1, -0.05) is 16.5 Å². The summed E-state index contributed by atoms with van der Waals surface area (Å²) in [5, 5.41) is 12.8. The van der Waals surface area contributed by atoms with Gasteiger partial charge in [-0.2, -0.15) is 4.68 Å². The van der Waals surface area contributed by atoms with Crippen LogP contribution in [-0.4, -0.2) is 29.9 Å². The number of rotatable bonds is 4. The van der Waals surface area contributed by atoms with Crippen LogP contribution in [0.15, 0.2) is 20.9 Å². The van der Waals surface area contributed by atoms with Gasteiger partial charge in [0.1, 0.15) is 6.61 Å². The highest BCUT2D eigenvalue weighted by Gasteiger charge is 2.21. The molecule has 0 fully saturated rings. The molecule has 3 aromatic rings. The number of hydrogen-bond donors (Lipinski definition) is 0. The van der Waals surface area contributed by atoms with E-state index < -0.39 is 5.69 Å². The van der Waals surface area contributed by atoms with Crippen LogP contribution < -0.4 is 10.4 Å². The van der Waals surface area contributed by atoms with E-state index in [0.29, 0.717) is 10.8 Å². The Morgan fingerprint density at radius 1 is 1.62 bits per heavy atom. The molecule has 3 heterocycles. The third-order valence-corrected chi connectivity index (χ3v) is 3.16. The summed E-state index contributed by atoms with van der Waals surface area (Å²) in [7, 11) is 1.45. The van der Waals surface area contributed by atoms with Gasteiger partial charge in [0.2, 0.25) is 11.6 Å². The lowest BCUT2D eigenvalue weighted by Crippen LogP contribution is -2.23. The normalized spacial score (nSPS) is 11.1. The predicted molar refractivity (Wildman–Crippen MR) is 71.0 cm³/mol. The van der Waals surface area contributed by atoms with Crippen LogP contribution in [0.4, 0.5) is 0 Å². The van der Waals surface area contributed by atoms with Gasteiger partial charge in [-0.3, -0.25) is 0 Å². The number of thiazole rings is 1. The van der Waals surface area contributed by atoms with Crippen LogP contribution in [0, 0.1) is 12.3 Å². The van der Waals surface area contributed by atoms with Gasteiger partial charge in [0, 0.05) is 18.6 Å². The van der Waals surface area contributed by atoms with Gasteiger partial charge in [-0.15, -0.1) is 11.1 Å². The molecular weight excluding hydrogens is 296 g/mol. The van der Waals surface area contributed by atoms with Crippen LogP contribution >= 0.6 is 11.3 Å². The quantitative estimate of drug-likeness (QED) is 0.624. The topological polar surface area (TPSA) is 101 Å². The minimum Gasteiger partial charge on any atom is -0.465 e. The molecule has 0 amide bonds. The van der Waals surface area contributed by atoms with Gasteiger partial charge < -0.3 is 9.26 Å². The fourth-order valence-electron chi connectivity index (χ4n) is 1.54. The summed E-state index contributed by atoms with van der Waals surface area (Å²) in [5.41, 5.74) is -0.132. The molecule has 0 aliphatic heterocycles. The Labute approximate surface area is 123 Å². The van der Waals surface area contributed by atoms with Crippen molar-refractivity contribution in [1.82, 2.24) is 29.9 Å². The zero-order valence-electron chi connectivity index (χ0n) is 11.7. The molecule has 10 heteroatoms. The molecule has 0 spiro atoms. The molecule has 0 unspecified atom stereocenters. The zero-order valence-corrected chi connectivity index (χ0v) is 11.5. The van der Waals surface area contributed by atoms with Crippen molar-refractivity contribution < 1.29 is 10.6 Å². The number of aromatic nitrogens is 6. The molecule has 106 valence electrons. The Bertz CT molecular complexity index is 917. The van der Waals surface area contributed by atoms with Gasteiger partial charge in [0.05, 0.1) is 6.93 Å². The second-order valence-electron chi connectivity index (χ2n) is 3.79. The molecule has 0 saturated heterocycles.